The van der Waals surface area contributed by atoms with Crippen LogP contribution < -0.4 is 0 Å². The first-order valence-electron chi connectivity index (χ1n) is 5.70. The third-order valence-corrected chi connectivity index (χ3v) is 3.16. The number of hydrogen-bond acceptors (Lipinski definition) is 1. The lowest BCUT2D eigenvalue weighted by molar-refractivity contribution is 0.0231. The second-order valence-electron chi connectivity index (χ2n) is 4.42. The van der Waals surface area contributed by atoms with E-state index in [1.165, 1.54) is 5.56 Å². The van der Waals surface area contributed by atoms with E-state index in [1.807, 2.05) is 6.07 Å². The molecule has 0 aromatic heterocycles. The van der Waals surface area contributed by atoms with E-state index >= 15 is 0 Å². The van der Waals surface area contributed by atoms with Crippen LogP contribution in [0.15, 0.2) is 42.5 Å². The maximum absolute atomic E-state index is 10.3. The Morgan fingerprint density at radius 1 is 1.13 bits per heavy atom. The van der Waals surface area contributed by atoms with E-state index in [0.717, 1.165) is 32.1 Å². The molecular formula is C14H18O. The van der Waals surface area contributed by atoms with Crippen LogP contribution in [0.2, 0.25) is 0 Å². The zero-order valence-corrected chi connectivity index (χ0v) is 9.02. The van der Waals surface area contributed by atoms with Gasteiger partial charge in [-0.25, -0.2) is 0 Å². The SMILES string of the molecule is OC1(CCc2ccccc2)CC=CCC1. The zero-order valence-electron chi connectivity index (χ0n) is 9.02. The van der Waals surface area contributed by atoms with Gasteiger partial charge in [0.15, 0.2) is 0 Å². The molecule has 1 aromatic rings. The van der Waals surface area contributed by atoms with Crippen molar-refractivity contribution < 1.29 is 5.11 Å². The highest BCUT2D eigenvalue weighted by Gasteiger charge is 2.26. The summed E-state index contributed by atoms with van der Waals surface area (Å²) in [7, 11) is 0. The van der Waals surface area contributed by atoms with Crippen LogP contribution in [-0.2, 0) is 6.42 Å². The van der Waals surface area contributed by atoms with Gasteiger partial charge in [-0.05, 0) is 37.7 Å². The van der Waals surface area contributed by atoms with Crippen molar-refractivity contribution in [3.05, 3.63) is 48.0 Å². The molecule has 1 aliphatic rings. The lowest BCUT2D eigenvalue weighted by atomic mass is 9.84. The van der Waals surface area contributed by atoms with Gasteiger partial charge in [-0.2, -0.15) is 0 Å². The lowest BCUT2D eigenvalue weighted by Gasteiger charge is -2.29. The molecule has 1 unspecified atom stereocenters. The number of aryl methyl sites for hydroxylation is 1. The average Bonchev–Trinajstić information content (AvgIpc) is 2.29. The number of rotatable bonds is 3. The fourth-order valence-corrected chi connectivity index (χ4v) is 2.12. The lowest BCUT2D eigenvalue weighted by Crippen LogP contribution is -2.30. The molecule has 0 amide bonds. The molecule has 0 saturated heterocycles. The van der Waals surface area contributed by atoms with Crippen molar-refractivity contribution in [1.29, 1.82) is 0 Å². The summed E-state index contributed by atoms with van der Waals surface area (Å²) in [5.41, 5.74) is 0.866. The minimum absolute atomic E-state index is 0.454. The Bertz CT molecular complexity index is 328. The maximum atomic E-state index is 10.3. The Hall–Kier alpha value is -1.08. The van der Waals surface area contributed by atoms with Gasteiger partial charge in [-0.15, -0.1) is 0 Å². The Kier molecular flexibility index (Phi) is 3.22. The highest BCUT2D eigenvalue weighted by molar-refractivity contribution is 5.15. The standard InChI is InChI=1S/C14H18O/c15-14(10-5-2-6-11-14)12-9-13-7-3-1-4-8-13/h1-5,7-8,15H,6,9-12H2. The smallest absolute Gasteiger partial charge is 0.0688 e. The number of allylic oxidation sites excluding steroid dienone is 1. The molecule has 1 N–H and O–H groups in total. The summed E-state index contributed by atoms with van der Waals surface area (Å²) in [6, 6.07) is 10.4. The first-order valence-corrected chi connectivity index (χ1v) is 5.70. The Labute approximate surface area is 91.4 Å². The quantitative estimate of drug-likeness (QED) is 0.747. The highest BCUT2D eigenvalue weighted by Crippen LogP contribution is 2.28. The third kappa shape index (κ3) is 2.93. The monoisotopic (exact) mass is 202 g/mol. The summed E-state index contributed by atoms with van der Waals surface area (Å²) in [6.07, 6.45) is 8.87. The molecule has 1 heteroatoms. The second kappa shape index (κ2) is 4.63. The molecule has 2 rings (SSSR count). The van der Waals surface area contributed by atoms with Crippen LogP contribution >= 0.6 is 0 Å². The normalized spacial score (nSPS) is 25.4. The van der Waals surface area contributed by atoms with Gasteiger partial charge in [0, 0.05) is 0 Å². The molecule has 1 nitrogen and oxygen atoms in total. The fourth-order valence-electron chi connectivity index (χ4n) is 2.12. The minimum atomic E-state index is -0.454. The van der Waals surface area contributed by atoms with E-state index in [-0.39, 0.29) is 0 Å². The molecule has 0 aliphatic heterocycles. The molecule has 0 fully saturated rings. The molecule has 1 atom stereocenters. The predicted octanol–water partition coefficient (Wildman–Crippen LogP) is 3.09. The molecule has 0 saturated carbocycles. The summed E-state index contributed by atoms with van der Waals surface area (Å²) < 4.78 is 0. The summed E-state index contributed by atoms with van der Waals surface area (Å²) in [4.78, 5) is 0. The van der Waals surface area contributed by atoms with Gasteiger partial charge >= 0.3 is 0 Å². The van der Waals surface area contributed by atoms with Crippen LogP contribution in [0, 0.1) is 0 Å². The van der Waals surface area contributed by atoms with Gasteiger partial charge in [0.25, 0.3) is 0 Å². The van der Waals surface area contributed by atoms with Crippen LogP contribution in [0.1, 0.15) is 31.2 Å². The topological polar surface area (TPSA) is 20.2 Å². The molecule has 15 heavy (non-hydrogen) atoms. The number of hydrogen-bond donors (Lipinski definition) is 1. The molecule has 80 valence electrons. The van der Waals surface area contributed by atoms with Crippen LogP contribution in [0.5, 0.6) is 0 Å². The van der Waals surface area contributed by atoms with E-state index in [1.54, 1.807) is 0 Å². The van der Waals surface area contributed by atoms with Gasteiger partial charge < -0.3 is 5.11 Å². The van der Waals surface area contributed by atoms with E-state index in [2.05, 4.69) is 36.4 Å². The second-order valence-corrected chi connectivity index (χ2v) is 4.42. The molecule has 0 radical (unpaired) electrons. The first-order chi connectivity index (χ1) is 7.29. The maximum Gasteiger partial charge on any atom is 0.0688 e. The summed E-state index contributed by atoms with van der Waals surface area (Å²) in [6.45, 7) is 0. The van der Waals surface area contributed by atoms with Gasteiger partial charge in [-0.1, -0.05) is 42.5 Å². The van der Waals surface area contributed by atoms with Gasteiger partial charge in [-0.3, -0.25) is 0 Å². The van der Waals surface area contributed by atoms with Crippen molar-refractivity contribution in [2.75, 3.05) is 0 Å². The predicted molar refractivity (Wildman–Crippen MR) is 62.7 cm³/mol. The summed E-state index contributed by atoms with van der Waals surface area (Å²) in [5.74, 6) is 0. The molecule has 0 heterocycles. The third-order valence-electron chi connectivity index (χ3n) is 3.16. The number of aliphatic hydroxyl groups is 1. The van der Waals surface area contributed by atoms with Gasteiger partial charge in [0.05, 0.1) is 5.60 Å². The number of benzene rings is 1. The van der Waals surface area contributed by atoms with Crippen molar-refractivity contribution >= 4 is 0 Å². The summed E-state index contributed by atoms with van der Waals surface area (Å²) >= 11 is 0. The minimum Gasteiger partial charge on any atom is -0.390 e. The zero-order chi connectivity index (χ0) is 10.6. The van der Waals surface area contributed by atoms with Gasteiger partial charge in [0.2, 0.25) is 0 Å². The van der Waals surface area contributed by atoms with Gasteiger partial charge in [0.1, 0.15) is 0 Å². The van der Waals surface area contributed by atoms with Crippen LogP contribution in [0.4, 0.5) is 0 Å². The van der Waals surface area contributed by atoms with E-state index < -0.39 is 5.60 Å². The average molecular weight is 202 g/mol. The van der Waals surface area contributed by atoms with E-state index in [0.29, 0.717) is 0 Å². The van der Waals surface area contributed by atoms with Crippen molar-refractivity contribution in [3.63, 3.8) is 0 Å². The largest absolute Gasteiger partial charge is 0.390 e. The van der Waals surface area contributed by atoms with Crippen LogP contribution in [0.3, 0.4) is 0 Å². The molecule has 0 spiro atoms. The molecule has 1 aliphatic carbocycles. The Balaban J connectivity index is 1.90. The van der Waals surface area contributed by atoms with Crippen molar-refractivity contribution in [2.45, 2.75) is 37.7 Å². The van der Waals surface area contributed by atoms with E-state index in [9.17, 15) is 5.11 Å². The van der Waals surface area contributed by atoms with Crippen molar-refractivity contribution in [3.8, 4) is 0 Å². The highest BCUT2D eigenvalue weighted by atomic mass is 16.3. The van der Waals surface area contributed by atoms with Crippen molar-refractivity contribution in [2.24, 2.45) is 0 Å². The molecule has 1 aromatic carbocycles. The van der Waals surface area contributed by atoms with E-state index in [4.69, 9.17) is 0 Å². The Morgan fingerprint density at radius 2 is 1.93 bits per heavy atom. The van der Waals surface area contributed by atoms with Crippen LogP contribution in [0.25, 0.3) is 0 Å². The first kappa shape index (κ1) is 10.4. The fraction of sp³-hybridized carbons (Fsp3) is 0.429. The van der Waals surface area contributed by atoms with Crippen LogP contribution in [-0.4, -0.2) is 10.7 Å². The molecule has 0 bridgehead atoms. The Morgan fingerprint density at radius 3 is 2.60 bits per heavy atom. The van der Waals surface area contributed by atoms with Crippen molar-refractivity contribution in [1.82, 2.24) is 0 Å². The molecular weight excluding hydrogens is 184 g/mol. The summed E-state index contributed by atoms with van der Waals surface area (Å²) in [5, 5.41) is 10.3.